The third kappa shape index (κ3) is 2.08. The predicted molar refractivity (Wildman–Crippen MR) is 42.3 cm³/mol. The van der Waals surface area contributed by atoms with Crippen LogP contribution in [0.5, 0.6) is 0 Å². The van der Waals surface area contributed by atoms with E-state index < -0.39 is 6.04 Å². The summed E-state index contributed by atoms with van der Waals surface area (Å²) in [5.41, 5.74) is 0. The van der Waals surface area contributed by atoms with Crippen LogP contribution < -0.4 is 5.32 Å². The molecule has 0 radical (unpaired) electrons. The number of allylic oxidation sites excluding steroid dienone is 1. The van der Waals surface area contributed by atoms with Crippen molar-refractivity contribution in [2.24, 2.45) is 0 Å². The van der Waals surface area contributed by atoms with Crippen LogP contribution in [0.15, 0.2) is 12.3 Å². The molecule has 0 unspecified atom stereocenters. The molecule has 0 aromatic heterocycles. The number of esters is 1. The number of carbonyl (C=O) groups is 2. The third-order valence-corrected chi connectivity index (χ3v) is 1.54. The molecule has 4 nitrogen and oxygen atoms in total. The number of ether oxygens (including phenoxy) is 1. The molecule has 0 aliphatic carbocycles. The fraction of sp³-hybridized carbons (Fsp3) is 0.500. The van der Waals surface area contributed by atoms with Crippen LogP contribution in [0.25, 0.3) is 0 Å². The second kappa shape index (κ2) is 3.90. The molecule has 1 rings (SSSR count). The molecular formula is C8H11NO3. The van der Waals surface area contributed by atoms with Crippen molar-refractivity contribution >= 4 is 11.8 Å². The number of ketones is 1. The molecule has 66 valence electrons. The second-order valence-corrected chi connectivity index (χ2v) is 2.48. The van der Waals surface area contributed by atoms with E-state index in [0.717, 1.165) is 0 Å². The van der Waals surface area contributed by atoms with Gasteiger partial charge in [0.25, 0.3) is 0 Å². The van der Waals surface area contributed by atoms with E-state index in [1.165, 1.54) is 12.3 Å². The zero-order chi connectivity index (χ0) is 8.97. The summed E-state index contributed by atoms with van der Waals surface area (Å²) in [5, 5.41) is 2.76. The summed E-state index contributed by atoms with van der Waals surface area (Å²) in [6, 6.07) is -0.498. The quantitative estimate of drug-likeness (QED) is 0.591. The van der Waals surface area contributed by atoms with Gasteiger partial charge in [0, 0.05) is 12.6 Å². The van der Waals surface area contributed by atoms with Gasteiger partial charge in [0.2, 0.25) is 0 Å². The summed E-state index contributed by atoms with van der Waals surface area (Å²) in [7, 11) is 0. The zero-order valence-electron chi connectivity index (χ0n) is 6.87. The van der Waals surface area contributed by atoms with Crippen molar-refractivity contribution in [2.75, 3.05) is 6.61 Å². The van der Waals surface area contributed by atoms with Gasteiger partial charge in [-0.2, -0.15) is 0 Å². The first-order chi connectivity index (χ1) is 5.74. The van der Waals surface area contributed by atoms with Gasteiger partial charge in [0.15, 0.2) is 5.78 Å². The number of carbonyl (C=O) groups excluding carboxylic acids is 2. The largest absolute Gasteiger partial charge is 0.464 e. The van der Waals surface area contributed by atoms with Crippen LogP contribution in [0.2, 0.25) is 0 Å². The van der Waals surface area contributed by atoms with Crippen LogP contribution in [0, 0.1) is 0 Å². The molecule has 0 spiro atoms. The Labute approximate surface area is 70.6 Å². The summed E-state index contributed by atoms with van der Waals surface area (Å²) in [5.74, 6) is -0.415. The van der Waals surface area contributed by atoms with E-state index in [9.17, 15) is 9.59 Å². The van der Waals surface area contributed by atoms with E-state index in [-0.39, 0.29) is 18.2 Å². The molecule has 1 N–H and O–H groups in total. The predicted octanol–water partition coefficient (Wildman–Crippen LogP) is -0.00580. The van der Waals surface area contributed by atoms with E-state index >= 15 is 0 Å². The minimum atomic E-state index is -0.498. The van der Waals surface area contributed by atoms with Crippen LogP contribution in [-0.4, -0.2) is 24.4 Å². The highest BCUT2D eigenvalue weighted by Gasteiger charge is 2.22. The van der Waals surface area contributed by atoms with Gasteiger partial charge in [-0.1, -0.05) is 0 Å². The van der Waals surface area contributed by atoms with E-state index in [1.807, 2.05) is 0 Å². The van der Waals surface area contributed by atoms with Gasteiger partial charge in [0.05, 0.1) is 6.61 Å². The van der Waals surface area contributed by atoms with E-state index in [2.05, 4.69) is 5.32 Å². The van der Waals surface area contributed by atoms with Gasteiger partial charge in [-0.25, -0.2) is 4.79 Å². The lowest BCUT2D eigenvalue weighted by atomic mass is 10.1. The number of hydrogen-bond donors (Lipinski definition) is 1. The number of rotatable bonds is 2. The molecular weight excluding hydrogens is 158 g/mol. The Hall–Kier alpha value is -1.32. The second-order valence-electron chi connectivity index (χ2n) is 2.48. The fourth-order valence-corrected chi connectivity index (χ4v) is 0.980. The Morgan fingerprint density at radius 2 is 2.58 bits per heavy atom. The summed E-state index contributed by atoms with van der Waals surface area (Å²) < 4.78 is 4.74. The highest BCUT2D eigenvalue weighted by molar-refractivity contribution is 5.95. The molecule has 0 bridgehead atoms. The molecule has 0 amide bonds. The van der Waals surface area contributed by atoms with Gasteiger partial charge in [-0.05, 0) is 13.0 Å². The fourth-order valence-electron chi connectivity index (χ4n) is 0.980. The van der Waals surface area contributed by atoms with Crippen LogP contribution in [0.1, 0.15) is 13.3 Å². The average molecular weight is 169 g/mol. The molecule has 4 heteroatoms. The Balaban J connectivity index is 2.48. The van der Waals surface area contributed by atoms with Crippen molar-refractivity contribution in [1.82, 2.24) is 5.32 Å². The van der Waals surface area contributed by atoms with Gasteiger partial charge in [0.1, 0.15) is 6.04 Å². The maximum Gasteiger partial charge on any atom is 0.329 e. The standard InChI is InChI=1S/C8H11NO3/c1-2-12-8(11)7-5-6(10)3-4-9-7/h3-4,7,9H,2,5H2,1H3/t7-/m0/s1. The lowest BCUT2D eigenvalue weighted by Crippen LogP contribution is -2.39. The summed E-state index contributed by atoms with van der Waals surface area (Å²) >= 11 is 0. The maximum atomic E-state index is 11.1. The first-order valence-electron chi connectivity index (χ1n) is 3.86. The topological polar surface area (TPSA) is 55.4 Å². The number of nitrogens with one attached hydrogen (secondary N) is 1. The smallest absolute Gasteiger partial charge is 0.329 e. The molecule has 1 heterocycles. The Morgan fingerprint density at radius 1 is 1.83 bits per heavy atom. The van der Waals surface area contributed by atoms with Crippen molar-refractivity contribution in [3.8, 4) is 0 Å². The summed E-state index contributed by atoms with van der Waals surface area (Å²) in [6.45, 7) is 2.08. The molecule has 1 atom stereocenters. The van der Waals surface area contributed by atoms with Crippen LogP contribution in [-0.2, 0) is 14.3 Å². The zero-order valence-corrected chi connectivity index (χ0v) is 6.87. The van der Waals surface area contributed by atoms with Gasteiger partial charge < -0.3 is 10.1 Å². The minimum Gasteiger partial charge on any atom is -0.464 e. The molecule has 0 saturated carbocycles. The van der Waals surface area contributed by atoms with E-state index in [4.69, 9.17) is 4.74 Å². The highest BCUT2D eigenvalue weighted by Crippen LogP contribution is 2.02. The Morgan fingerprint density at radius 3 is 3.17 bits per heavy atom. The van der Waals surface area contributed by atoms with E-state index in [0.29, 0.717) is 6.61 Å². The number of hydrogen-bond acceptors (Lipinski definition) is 4. The monoisotopic (exact) mass is 169 g/mol. The van der Waals surface area contributed by atoms with Crippen LogP contribution in [0.4, 0.5) is 0 Å². The first-order valence-corrected chi connectivity index (χ1v) is 3.86. The van der Waals surface area contributed by atoms with Crippen molar-refractivity contribution in [2.45, 2.75) is 19.4 Å². The van der Waals surface area contributed by atoms with Crippen molar-refractivity contribution < 1.29 is 14.3 Å². The van der Waals surface area contributed by atoms with Crippen LogP contribution >= 0.6 is 0 Å². The Bertz CT molecular complexity index is 222. The summed E-state index contributed by atoms with van der Waals surface area (Å²) in [4.78, 5) is 21.9. The molecule has 1 aliphatic rings. The Kier molecular flexibility index (Phi) is 2.85. The lowest BCUT2D eigenvalue weighted by molar-refractivity contribution is -0.146. The molecule has 0 aromatic rings. The van der Waals surface area contributed by atoms with Gasteiger partial charge in [-0.3, -0.25) is 4.79 Å². The maximum absolute atomic E-state index is 11.1. The summed E-state index contributed by atoms with van der Waals surface area (Å²) in [6.07, 6.45) is 3.08. The van der Waals surface area contributed by atoms with Crippen molar-refractivity contribution in [3.05, 3.63) is 12.3 Å². The average Bonchev–Trinajstić information content (AvgIpc) is 2.05. The lowest BCUT2D eigenvalue weighted by Gasteiger charge is -2.16. The third-order valence-electron chi connectivity index (χ3n) is 1.54. The van der Waals surface area contributed by atoms with Gasteiger partial charge >= 0.3 is 5.97 Å². The normalized spacial score (nSPS) is 21.8. The molecule has 0 fully saturated rings. The minimum absolute atomic E-state index is 0.0493. The molecule has 1 aliphatic heterocycles. The molecule has 12 heavy (non-hydrogen) atoms. The van der Waals surface area contributed by atoms with Crippen molar-refractivity contribution in [1.29, 1.82) is 0 Å². The van der Waals surface area contributed by atoms with E-state index in [1.54, 1.807) is 6.92 Å². The first kappa shape index (κ1) is 8.77. The van der Waals surface area contributed by atoms with Crippen molar-refractivity contribution in [3.63, 3.8) is 0 Å². The molecule has 0 aromatic carbocycles. The SMILES string of the molecule is CCOC(=O)[C@@H]1CC(=O)C=CN1. The van der Waals surface area contributed by atoms with Crippen LogP contribution in [0.3, 0.4) is 0 Å². The van der Waals surface area contributed by atoms with Gasteiger partial charge in [-0.15, -0.1) is 0 Å². The highest BCUT2D eigenvalue weighted by atomic mass is 16.5. The molecule has 0 saturated heterocycles.